The lowest BCUT2D eigenvalue weighted by Gasteiger charge is -2.15. The Labute approximate surface area is 89.2 Å². The fourth-order valence-corrected chi connectivity index (χ4v) is 2.10. The lowest BCUT2D eigenvalue weighted by atomic mass is 9.97. The van der Waals surface area contributed by atoms with E-state index in [9.17, 15) is 0 Å². The van der Waals surface area contributed by atoms with E-state index in [2.05, 4.69) is 19.9 Å². The maximum absolute atomic E-state index is 6.22. The molecule has 3 nitrogen and oxygen atoms in total. The van der Waals surface area contributed by atoms with Gasteiger partial charge in [0.1, 0.15) is 0 Å². The zero-order valence-electron chi connectivity index (χ0n) is 9.09. The van der Waals surface area contributed by atoms with Gasteiger partial charge in [0.15, 0.2) is 11.5 Å². The maximum atomic E-state index is 6.22. The Kier molecular flexibility index (Phi) is 1.61. The third-order valence-electron chi connectivity index (χ3n) is 3.48. The molecule has 1 fully saturated rings. The standard InChI is InChI=1S/C12H15NO2/c1-7-5-9(12(13)3-4-12)11-10(8(7)2)14-6-15-11/h5H,3-4,6,13H2,1-2H3. The minimum Gasteiger partial charge on any atom is -0.453 e. The smallest absolute Gasteiger partial charge is 0.231 e. The summed E-state index contributed by atoms with van der Waals surface area (Å²) in [5.41, 5.74) is 9.58. The lowest BCUT2D eigenvalue weighted by Crippen LogP contribution is -2.19. The molecule has 1 aliphatic carbocycles. The number of rotatable bonds is 1. The third-order valence-corrected chi connectivity index (χ3v) is 3.48. The van der Waals surface area contributed by atoms with E-state index in [1.807, 2.05) is 0 Å². The molecule has 0 atom stereocenters. The van der Waals surface area contributed by atoms with Crippen LogP contribution in [0.2, 0.25) is 0 Å². The third kappa shape index (κ3) is 1.16. The van der Waals surface area contributed by atoms with E-state index in [1.165, 1.54) is 5.56 Å². The molecule has 0 bridgehead atoms. The molecule has 3 heteroatoms. The predicted octanol–water partition coefficient (Wildman–Crippen LogP) is 1.98. The molecule has 1 aromatic rings. The SMILES string of the molecule is Cc1cc(C2(N)CC2)c2c(c1C)OCO2. The highest BCUT2D eigenvalue weighted by Crippen LogP contribution is 2.52. The van der Waals surface area contributed by atoms with Crippen molar-refractivity contribution in [2.45, 2.75) is 32.2 Å². The van der Waals surface area contributed by atoms with Gasteiger partial charge in [-0.05, 0) is 43.9 Å². The Morgan fingerprint density at radius 1 is 1.20 bits per heavy atom. The minimum atomic E-state index is -0.157. The summed E-state index contributed by atoms with van der Waals surface area (Å²) in [5.74, 6) is 1.76. The number of nitrogens with two attached hydrogens (primary N) is 1. The number of ether oxygens (including phenoxy) is 2. The first-order valence-electron chi connectivity index (χ1n) is 5.31. The molecule has 2 N–H and O–H groups in total. The van der Waals surface area contributed by atoms with Crippen LogP contribution in [-0.4, -0.2) is 6.79 Å². The van der Waals surface area contributed by atoms with Crippen LogP contribution < -0.4 is 15.2 Å². The summed E-state index contributed by atoms with van der Waals surface area (Å²) in [6.07, 6.45) is 2.09. The Morgan fingerprint density at radius 2 is 1.87 bits per heavy atom. The predicted molar refractivity (Wildman–Crippen MR) is 57.1 cm³/mol. The van der Waals surface area contributed by atoms with Crippen molar-refractivity contribution in [3.8, 4) is 11.5 Å². The van der Waals surface area contributed by atoms with E-state index < -0.39 is 0 Å². The van der Waals surface area contributed by atoms with Gasteiger partial charge in [0.25, 0.3) is 0 Å². The fraction of sp³-hybridized carbons (Fsp3) is 0.500. The van der Waals surface area contributed by atoms with Gasteiger partial charge in [-0.3, -0.25) is 0 Å². The van der Waals surface area contributed by atoms with E-state index in [-0.39, 0.29) is 5.54 Å². The Morgan fingerprint density at radius 3 is 2.53 bits per heavy atom. The molecule has 1 aromatic carbocycles. The number of aryl methyl sites for hydroxylation is 1. The zero-order chi connectivity index (χ0) is 10.6. The fourth-order valence-electron chi connectivity index (χ4n) is 2.10. The molecule has 1 aliphatic heterocycles. The van der Waals surface area contributed by atoms with E-state index in [1.54, 1.807) is 0 Å². The van der Waals surface area contributed by atoms with Crippen LogP contribution in [0.1, 0.15) is 29.5 Å². The molecular formula is C12H15NO2. The Hall–Kier alpha value is -1.22. The summed E-state index contributed by atoms with van der Waals surface area (Å²) in [7, 11) is 0. The van der Waals surface area contributed by atoms with Crippen LogP contribution in [0.4, 0.5) is 0 Å². The lowest BCUT2D eigenvalue weighted by molar-refractivity contribution is 0.172. The molecule has 0 unspecified atom stereocenters. The highest BCUT2D eigenvalue weighted by atomic mass is 16.7. The second-order valence-electron chi connectivity index (χ2n) is 4.59. The number of hydrogen-bond acceptors (Lipinski definition) is 3. The average Bonchev–Trinajstić information content (AvgIpc) is 2.80. The van der Waals surface area contributed by atoms with Crippen molar-refractivity contribution in [2.24, 2.45) is 5.73 Å². The van der Waals surface area contributed by atoms with Crippen LogP contribution in [0.15, 0.2) is 6.07 Å². The van der Waals surface area contributed by atoms with E-state index in [4.69, 9.17) is 15.2 Å². The number of fused-ring (bicyclic) bond motifs is 1. The van der Waals surface area contributed by atoms with Gasteiger partial charge in [-0.2, -0.15) is 0 Å². The van der Waals surface area contributed by atoms with Gasteiger partial charge in [-0.25, -0.2) is 0 Å². The van der Waals surface area contributed by atoms with Crippen molar-refractivity contribution in [3.63, 3.8) is 0 Å². The van der Waals surface area contributed by atoms with E-state index in [0.717, 1.165) is 35.5 Å². The summed E-state index contributed by atoms with van der Waals surface area (Å²) in [5, 5.41) is 0. The van der Waals surface area contributed by atoms with Crippen molar-refractivity contribution in [2.75, 3.05) is 6.79 Å². The highest BCUT2D eigenvalue weighted by Gasteiger charge is 2.44. The summed E-state index contributed by atoms with van der Waals surface area (Å²) in [4.78, 5) is 0. The molecule has 80 valence electrons. The molecule has 0 radical (unpaired) electrons. The number of benzene rings is 1. The molecule has 1 saturated carbocycles. The van der Waals surface area contributed by atoms with E-state index in [0.29, 0.717) is 6.79 Å². The van der Waals surface area contributed by atoms with Gasteiger partial charge >= 0.3 is 0 Å². The molecule has 0 amide bonds. The zero-order valence-corrected chi connectivity index (χ0v) is 9.09. The summed E-state index contributed by atoms with van der Waals surface area (Å²) in [6.45, 7) is 4.47. The van der Waals surface area contributed by atoms with Gasteiger partial charge in [0.05, 0.1) is 0 Å². The second kappa shape index (κ2) is 2.67. The first-order chi connectivity index (χ1) is 7.12. The Bertz CT molecular complexity index is 436. The number of hydrogen-bond donors (Lipinski definition) is 1. The van der Waals surface area contributed by atoms with Crippen molar-refractivity contribution in [1.82, 2.24) is 0 Å². The second-order valence-corrected chi connectivity index (χ2v) is 4.59. The largest absolute Gasteiger partial charge is 0.453 e. The van der Waals surface area contributed by atoms with Crippen LogP contribution in [0.25, 0.3) is 0 Å². The van der Waals surface area contributed by atoms with Crippen LogP contribution in [-0.2, 0) is 5.54 Å². The molecule has 15 heavy (non-hydrogen) atoms. The van der Waals surface area contributed by atoms with Gasteiger partial charge in [0.2, 0.25) is 6.79 Å². The van der Waals surface area contributed by atoms with Crippen LogP contribution >= 0.6 is 0 Å². The van der Waals surface area contributed by atoms with Gasteiger partial charge in [-0.15, -0.1) is 0 Å². The quantitative estimate of drug-likeness (QED) is 0.762. The maximum Gasteiger partial charge on any atom is 0.231 e. The van der Waals surface area contributed by atoms with Crippen LogP contribution in [0.5, 0.6) is 11.5 Å². The molecule has 3 rings (SSSR count). The average molecular weight is 205 g/mol. The first-order valence-corrected chi connectivity index (χ1v) is 5.31. The van der Waals surface area contributed by atoms with Crippen molar-refractivity contribution >= 4 is 0 Å². The van der Waals surface area contributed by atoms with Crippen molar-refractivity contribution < 1.29 is 9.47 Å². The summed E-state index contributed by atoms with van der Waals surface area (Å²) < 4.78 is 11.0. The van der Waals surface area contributed by atoms with Gasteiger partial charge in [0, 0.05) is 11.1 Å². The van der Waals surface area contributed by atoms with Crippen LogP contribution in [0.3, 0.4) is 0 Å². The topological polar surface area (TPSA) is 44.5 Å². The van der Waals surface area contributed by atoms with Crippen molar-refractivity contribution in [3.05, 3.63) is 22.8 Å². The van der Waals surface area contributed by atoms with Gasteiger partial charge in [-0.1, -0.05) is 0 Å². The summed E-state index contributed by atoms with van der Waals surface area (Å²) >= 11 is 0. The Balaban J connectivity index is 2.23. The monoisotopic (exact) mass is 205 g/mol. The molecule has 1 heterocycles. The van der Waals surface area contributed by atoms with Crippen LogP contribution in [0, 0.1) is 13.8 Å². The van der Waals surface area contributed by atoms with Crippen molar-refractivity contribution in [1.29, 1.82) is 0 Å². The van der Waals surface area contributed by atoms with Gasteiger partial charge < -0.3 is 15.2 Å². The molecule has 0 spiro atoms. The summed E-state index contributed by atoms with van der Waals surface area (Å²) in [6, 6.07) is 2.15. The minimum absolute atomic E-state index is 0.157. The molecule has 2 aliphatic rings. The molecular weight excluding hydrogens is 190 g/mol. The molecule has 0 aromatic heterocycles. The van der Waals surface area contributed by atoms with E-state index >= 15 is 0 Å². The molecule has 0 saturated heterocycles. The normalized spacial score (nSPS) is 20.5. The highest BCUT2D eigenvalue weighted by molar-refractivity contribution is 5.59. The first kappa shape index (κ1) is 9.04.